The molecule has 16 nitrogen and oxygen atoms in total. The number of para-hydroxylation sites is 1. The Balaban J connectivity index is 0.621. The second-order valence-electron chi connectivity index (χ2n) is 21.0. The van der Waals surface area contributed by atoms with Crippen LogP contribution >= 0.6 is 11.3 Å². The number of fused-ring (bicyclic) bond motifs is 4. The van der Waals surface area contributed by atoms with Crippen LogP contribution in [0.4, 0.5) is 16.8 Å². The molecule has 3 aromatic carbocycles. The normalized spacial score (nSPS) is 22.0. The lowest BCUT2D eigenvalue weighted by Gasteiger charge is -2.31. The van der Waals surface area contributed by atoms with Gasteiger partial charge in [-0.1, -0.05) is 47.7 Å². The minimum Gasteiger partial charge on any atom is -0.490 e. The van der Waals surface area contributed by atoms with Crippen LogP contribution in [0, 0.1) is 24.7 Å². The van der Waals surface area contributed by atoms with E-state index in [-0.39, 0.29) is 29.5 Å². The van der Waals surface area contributed by atoms with E-state index in [9.17, 15) is 24.3 Å². The van der Waals surface area contributed by atoms with Crippen LogP contribution in [0.25, 0.3) is 32.4 Å². The van der Waals surface area contributed by atoms with Gasteiger partial charge in [0.05, 0.1) is 27.9 Å². The average Bonchev–Trinajstić information content (AvgIpc) is 4.19. The number of nitrogens with one attached hydrogen (secondary N) is 2. The number of piperidine rings is 1. The molecule has 380 valence electrons. The zero-order valence-electron chi connectivity index (χ0n) is 41.8. The zero-order valence-corrected chi connectivity index (χ0v) is 42.6. The number of carboxylic acids is 1. The number of imide groups is 1. The van der Waals surface area contributed by atoms with E-state index in [0.29, 0.717) is 77.9 Å². The molecule has 3 saturated heterocycles. The summed E-state index contributed by atoms with van der Waals surface area (Å²) in [7, 11) is 1.87. The molecule has 1 aliphatic carbocycles. The highest BCUT2D eigenvalue weighted by Crippen LogP contribution is 2.39. The van der Waals surface area contributed by atoms with E-state index < -0.39 is 11.9 Å². The molecule has 12 rings (SSSR count). The third kappa shape index (κ3) is 9.35. The largest absolute Gasteiger partial charge is 0.490 e. The lowest BCUT2D eigenvalue weighted by Crippen LogP contribution is -2.39. The van der Waals surface area contributed by atoms with Gasteiger partial charge in [-0.15, -0.1) is 0 Å². The van der Waals surface area contributed by atoms with Crippen molar-refractivity contribution in [3.8, 4) is 16.9 Å². The number of hydrogen-bond donors (Lipinski definition) is 3. The second-order valence-corrected chi connectivity index (χ2v) is 22.0. The van der Waals surface area contributed by atoms with Crippen molar-refractivity contribution in [3.63, 3.8) is 0 Å². The first-order chi connectivity index (χ1) is 36.0. The number of hydrogen-bond acceptors (Lipinski definition) is 13. The van der Waals surface area contributed by atoms with Crippen LogP contribution in [0.3, 0.4) is 0 Å². The monoisotopic (exact) mass is 1010 g/mol. The summed E-state index contributed by atoms with van der Waals surface area (Å²) < 4.78 is 9.47. The van der Waals surface area contributed by atoms with Gasteiger partial charge in [-0.05, 0) is 153 Å². The summed E-state index contributed by atoms with van der Waals surface area (Å²) in [6.45, 7) is 8.39. The molecule has 74 heavy (non-hydrogen) atoms. The summed E-state index contributed by atoms with van der Waals surface area (Å²) in [5.74, 6) is 1.93. The molecule has 0 spiro atoms. The van der Waals surface area contributed by atoms with Gasteiger partial charge in [0.2, 0.25) is 11.8 Å². The average molecular weight is 1010 g/mol. The maximum Gasteiger partial charge on any atom is 0.355 e. The molecule has 4 fully saturated rings. The number of benzene rings is 3. The highest BCUT2D eigenvalue weighted by atomic mass is 32.1. The quantitative estimate of drug-likeness (QED) is 0.0932. The fraction of sp³-hybridized carbons (Fsp3) is 0.404. The van der Waals surface area contributed by atoms with E-state index in [1.54, 1.807) is 4.68 Å². The lowest BCUT2D eigenvalue weighted by atomic mass is 9.84. The van der Waals surface area contributed by atoms with Crippen LogP contribution in [-0.2, 0) is 29.6 Å². The van der Waals surface area contributed by atoms with E-state index in [0.717, 1.165) is 113 Å². The molecule has 3 atom stereocenters. The number of nitrogens with zero attached hydrogens (tertiary/aromatic N) is 8. The number of aryl methyl sites for hydroxylation is 1. The van der Waals surface area contributed by atoms with Crippen molar-refractivity contribution in [1.82, 2.24) is 34.9 Å². The van der Waals surface area contributed by atoms with E-state index >= 15 is 0 Å². The summed E-state index contributed by atoms with van der Waals surface area (Å²) in [5.41, 5.74) is 7.06. The summed E-state index contributed by atoms with van der Waals surface area (Å²) in [4.78, 5) is 72.5. The van der Waals surface area contributed by atoms with Gasteiger partial charge >= 0.3 is 5.97 Å². The van der Waals surface area contributed by atoms with Gasteiger partial charge in [-0.25, -0.2) is 19.7 Å². The SMILES string of the molecule is Cc1c(OC2CCC(CCCN3CC4CN(c5ccc6c(C7CCC(=O)NC7=O)nn(C)c6n5)CC4C3)CC2)cccc1-c1ccc(N2CCc3cccc(C(=O)Nc4nc5ccccc5s4)c3C2)nc1C(=O)O. The van der Waals surface area contributed by atoms with Crippen molar-refractivity contribution < 1.29 is 29.0 Å². The van der Waals surface area contributed by atoms with E-state index in [1.165, 1.54) is 24.2 Å². The molecule has 4 aromatic heterocycles. The molecule has 1 saturated carbocycles. The van der Waals surface area contributed by atoms with Crippen molar-refractivity contribution in [2.45, 2.75) is 83.3 Å². The highest BCUT2D eigenvalue weighted by Gasteiger charge is 2.41. The number of carbonyl (C=O) groups excluding carboxylic acids is 3. The van der Waals surface area contributed by atoms with E-state index in [2.05, 4.69) is 47.5 Å². The molecule has 5 aliphatic rings. The van der Waals surface area contributed by atoms with Crippen LogP contribution < -0.4 is 25.2 Å². The number of ether oxygens (including phenoxy) is 1. The first kappa shape index (κ1) is 47.7. The third-order valence-corrected chi connectivity index (χ3v) is 17.3. The first-order valence-electron chi connectivity index (χ1n) is 26.2. The van der Waals surface area contributed by atoms with Crippen molar-refractivity contribution in [1.29, 1.82) is 0 Å². The summed E-state index contributed by atoms with van der Waals surface area (Å²) in [6, 6.07) is 27.3. The van der Waals surface area contributed by atoms with Gasteiger partial charge in [0.1, 0.15) is 17.4 Å². The number of aromatic nitrogens is 5. The van der Waals surface area contributed by atoms with Gasteiger partial charge in [-0.3, -0.25) is 29.7 Å². The number of rotatable bonds is 13. The number of aromatic carboxylic acids is 1. The molecule has 3 amide bonds. The van der Waals surface area contributed by atoms with Gasteiger partial charge in [-0.2, -0.15) is 5.10 Å². The van der Waals surface area contributed by atoms with Crippen molar-refractivity contribution in [3.05, 3.63) is 119 Å². The molecule has 0 radical (unpaired) electrons. The molecule has 3 N–H and O–H groups in total. The van der Waals surface area contributed by atoms with Gasteiger partial charge < -0.3 is 24.5 Å². The molecular formula is C57H60N10O6S. The Bertz CT molecular complexity index is 3300. The minimum absolute atomic E-state index is 0.0177. The van der Waals surface area contributed by atoms with E-state index in [4.69, 9.17) is 14.7 Å². The second kappa shape index (κ2) is 19.9. The Labute approximate surface area is 433 Å². The molecule has 0 bridgehead atoms. The number of amides is 3. The molecule has 3 unspecified atom stereocenters. The molecule has 17 heteroatoms. The summed E-state index contributed by atoms with van der Waals surface area (Å²) >= 11 is 1.44. The molecular weight excluding hydrogens is 953 g/mol. The number of thiazole rings is 1. The van der Waals surface area contributed by atoms with Gasteiger partial charge in [0.15, 0.2) is 16.5 Å². The van der Waals surface area contributed by atoms with Crippen LogP contribution in [-0.4, -0.2) is 104 Å². The van der Waals surface area contributed by atoms with Crippen molar-refractivity contribution in [2.24, 2.45) is 24.8 Å². The van der Waals surface area contributed by atoms with Gasteiger partial charge in [0, 0.05) is 69.3 Å². The smallest absolute Gasteiger partial charge is 0.355 e. The van der Waals surface area contributed by atoms with Crippen molar-refractivity contribution in [2.75, 3.05) is 54.4 Å². The lowest BCUT2D eigenvalue weighted by molar-refractivity contribution is -0.134. The number of likely N-dealkylation sites (tertiary alicyclic amines) is 1. The number of carboxylic acid groups (broad SMARTS) is 1. The minimum atomic E-state index is -1.10. The Hall–Kier alpha value is -7.24. The Kier molecular flexibility index (Phi) is 12.8. The number of carbonyl (C=O) groups is 4. The number of anilines is 3. The topological polar surface area (TPSA) is 188 Å². The fourth-order valence-corrected chi connectivity index (χ4v) is 13.3. The van der Waals surface area contributed by atoms with Crippen LogP contribution in [0.1, 0.15) is 101 Å². The predicted octanol–water partition coefficient (Wildman–Crippen LogP) is 8.77. The standard InChI is InChI=1S/C57H60N10O6S/c1-33-39(40-19-22-48(59-52(40)56(71)72)66-27-25-35-9-5-11-41(44(35)32-66)54(69)62-57-58-45-12-3-4-14-47(45)74-57)10-6-13-46(33)73-38-17-15-34(16-18-38)8-7-26-65-28-36-30-67(31-37(36)29-65)49-23-20-42-51(63-64(2)53(42)60-49)43-21-24-50(68)61-55(43)70/h3-6,9-14,19-20,22-23,34,36-38,43H,7-8,15-18,21,24-32H2,1-2H3,(H,71,72)(H,58,62,69)(H,61,68,70). The zero-order chi connectivity index (χ0) is 50.6. The summed E-state index contributed by atoms with van der Waals surface area (Å²) in [6.07, 6.45) is 8.27. The maximum atomic E-state index is 13.7. The molecule has 7 aromatic rings. The van der Waals surface area contributed by atoms with Crippen LogP contribution in [0.2, 0.25) is 0 Å². The highest BCUT2D eigenvalue weighted by molar-refractivity contribution is 7.22. The molecule has 8 heterocycles. The predicted molar refractivity (Wildman–Crippen MR) is 285 cm³/mol. The Morgan fingerprint density at radius 1 is 0.824 bits per heavy atom. The first-order valence-corrected chi connectivity index (χ1v) is 27.0. The molecule has 4 aliphatic heterocycles. The van der Waals surface area contributed by atoms with E-state index in [1.807, 2.05) is 86.8 Å². The third-order valence-electron chi connectivity index (χ3n) is 16.3. The maximum absolute atomic E-state index is 13.7. The summed E-state index contributed by atoms with van der Waals surface area (Å²) in [5, 5.41) is 22.1. The Morgan fingerprint density at radius 2 is 1.61 bits per heavy atom. The van der Waals surface area contributed by atoms with Crippen LogP contribution in [0.15, 0.2) is 84.9 Å². The van der Waals surface area contributed by atoms with Gasteiger partial charge in [0.25, 0.3) is 5.91 Å². The number of pyridine rings is 2. The Morgan fingerprint density at radius 3 is 2.41 bits per heavy atom. The van der Waals surface area contributed by atoms with Crippen LogP contribution in [0.5, 0.6) is 5.75 Å². The fourth-order valence-electron chi connectivity index (χ4n) is 12.4. The van der Waals surface area contributed by atoms with Crippen molar-refractivity contribution >= 4 is 73.0 Å².